The van der Waals surface area contributed by atoms with Crippen LogP contribution in [0, 0.1) is 6.92 Å². The number of benzene rings is 2. The van der Waals surface area contributed by atoms with Crippen molar-refractivity contribution < 1.29 is 9.59 Å². The van der Waals surface area contributed by atoms with Gasteiger partial charge in [-0.15, -0.1) is 0 Å². The minimum atomic E-state index is -0.217. The second-order valence-corrected chi connectivity index (χ2v) is 5.54. The summed E-state index contributed by atoms with van der Waals surface area (Å²) in [6, 6.07) is 15.3. The number of rotatable bonds is 5. The first kappa shape index (κ1) is 16.7. The van der Waals surface area contributed by atoms with E-state index in [1.54, 1.807) is 0 Å². The Hall–Kier alpha value is -2.62. The van der Waals surface area contributed by atoms with E-state index in [1.165, 1.54) is 17.4 Å². The summed E-state index contributed by atoms with van der Waals surface area (Å²) in [5, 5.41) is 2.83. The maximum atomic E-state index is 12.2. The number of carbonyl (C=O) groups excluding carboxylic acids is 2. The lowest BCUT2D eigenvalue weighted by Gasteiger charge is -2.21. The number of anilines is 2. The Morgan fingerprint density at radius 2 is 1.78 bits per heavy atom. The van der Waals surface area contributed by atoms with Crippen LogP contribution in [-0.4, -0.2) is 18.4 Å². The first-order valence-corrected chi connectivity index (χ1v) is 7.73. The van der Waals surface area contributed by atoms with Crippen LogP contribution in [0.1, 0.15) is 25.0 Å². The fourth-order valence-electron chi connectivity index (χ4n) is 2.35. The van der Waals surface area contributed by atoms with Crippen LogP contribution in [0.3, 0.4) is 0 Å². The van der Waals surface area contributed by atoms with E-state index >= 15 is 0 Å². The molecule has 0 saturated carbocycles. The quantitative estimate of drug-likeness (QED) is 0.918. The fraction of sp³-hybridized carbons (Fsp3) is 0.263. The lowest BCUT2D eigenvalue weighted by Crippen LogP contribution is -2.36. The van der Waals surface area contributed by atoms with E-state index in [2.05, 4.69) is 12.2 Å². The third-order valence-corrected chi connectivity index (χ3v) is 3.64. The Morgan fingerprint density at radius 1 is 1.09 bits per heavy atom. The molecule has 23 heavy (non-hydrogen) atoms. The highest BCUT2D eigenvalue weighted by atomic mass is 16.2. The minimum Gasteiger partial charge on any atom is -0.325 e. The summed E-state index contributed by atoms with van der Waals surface area (Å²) in [6.07, 6.45) is 0.958. The zero-order valence-corrected chi connectivity index (χ0v) is 13.8. The smallest absolute Gasteiger partial charge is 0.244 e. The summed E-state index contributed by atoms with van der Waals surface area (Å²) in [5.74, 6) is -0.377. The molecule has 0 fully saturated rings. The van der Waals surface area contributed by atoms with Crippen LogP contribution in [0.5, 0.6) is 0 Å². The molecular formula is C19H22N2O2. The largest absolute Gasteiger partial charge is 0.325 e. The molecule has 0 aromatic heterocycles. The first-order chi connectivity index (χ1) is 11.0. The molecule has 0 radical (unpaired) electrons. The van der Waals surface area contributed by atoms with Crippen molar-refractivity contribution in [1.82, 2.24) is 0 Å². The molecular weight excluding hydrogens is 288 g/mol. The van der Waals surface area contributed by atoms with Gasteiger partial charge in [0.15, 0.2) is 0 Å². The predicted octanol–water partition coefficient (Wildman–Crippen LogP) is 3.55. The average molecular weight is 310 g/mol. The number of nitrogens with zero attached hydrogens (tertiary/aromatic N) is 1. The van der Waals surface area contributed by atoms with Crippen LogP contribution >= 0.6 is 0 Å². The predicted molar refractivity (Wildman–Crippen MR) is 93.7 cm³/mol. The molecule has 2 rings (SSSR count). The van der Waals surface area contributed by atoms with Crippen LogP contribution in [-0.2, 0) is 16.0 Å². The van der Waals surface area contributed by atoms with Crippen molar-refractivity contribution in [2.45, 2.75) is 27.2 Å². The van der Waals surface area contributed by atoms with Crippen LogP contribution in [0.4, 0.5) is 11.4 Å². The third kappa shape index (κ3) is 4.68. The van der Waals surface area contributed by atoms with Crippen LogP contribution in [0.25, 0.3) is 0 Å². The SMILES string of the molecule is CCc1ccc(NC(=O)CN(C(C)=O)c2cccc(C)c2)cc1. The van der Waals surface area contributed by atoms with Gasteiger partial charge in [-0.2, -0.15) is 0 Å². The third-order valence-electron chi connectivity index (χ3n) is 3.64. The summed E-state index contributed by atoms with van der Waals surface area (Å²) in [7, 11) is 0. The molecule has 2 amide bonds. The van der Waals surface area contributed by atoms with Gasteiger partial charge < -0.3 is 10.2 Å². The summed E-state index contributed by atoms with van der Waals surface area (Å²) < 4.78 is 0. The Labute approximate surface area is 137 Å². The second-order valence-electron chi connectivity index (χ2n) is 5.54. The van der Waals surface area contributed by atoms with Crippen LogP contribution < -0.4 is 10.2 Å². The highest BCUT2D eigenvalue weighted by Crippen LogP contribution is 2.16. The highest BCUT2D eigenvalue weighted by molar-refractivity contribution is 6.01. The number of hydrogen-bond acceptors (Lipinski definition) is 2. The number of aryl methyl sites for hydroxylation is 2. The van der Waals surface area contributed by atoms with E-state index in [4.69, 9.17) is 0 Å². The topological polar surface area (TPSA) is 49.4 Å². The summed E-state index contributed by atoms with van der Waals surface area (Å²) in [4.78, 5) is 25.6. The molecule has 4 heteroatoms. The molecule has 0 aliphatic heterocycles. The summed E-state index contributed by atoms with van der Waals surface area (Å²) in [5.41, 5.74) is 3.73. The van der Waals surface area contributed by atoms with Gasteiger partial charge in [-0.1, -0.05) is 31.2 Å². The zero-order chi connectivity index (χ0) is 16.8. The van der Waals surface area contributed by atoms with E-state index in [9.17, 15) is 9.59 Å². The molecule has 2 aromatic carbocycles. The van der Waals surface area contributed by atoms with Gasteiger partial charge in [0.1, 0.15) is 6.54 Å². The molecule has 120 valence electrons. The van der Waals surface area contributed by atoms with E-state index in [1.807, 2.05) is 55.5 Å². The molecule has 0 heterocycles. The normalized spacial score (nSPS) is 10.2. The van der Waals surface area contributed by atoms with Gasteiger partial charge in [0.2, 0.25) is 11.8 Å². The Morgan fingerprint density at radius 3 is 2.35 bits per heavy atom. The van der Waals surface area contributed by atoms with E-state index in [0.717, 1.165) is 23.4 Å². The molecule has 2 aromatic rings. The van der Waals surface area contributed by atoms with Crippen molar-refractivity contribution in [3.05, 3.63) is 59.7 Å². The molecule has 0 atom stereocenters. The Bertz CT molecular complexity index is 693. The molecule has 0 saturated heterocycles. The molecule has 1 N–H and O–H groups in total. The van der Waals surface area contributed by atoms with Crippen molar-refractivity contribution in [3.63, 3.8) is 0 Å². The van der Waals surface area contributed by atoms with Crippen molar-refractivity contribution in [2.24, 2.45) is 0 Å². The monoisotopic (exact) mass is 310 g/mol. The number of hydrogen-bond donors (Lipinski definition) is 1. The highest BCUT2D eigenvalue weighted by Gasteiger charge is 2.16. The maximum absolute atomic E-state index is 12.2. The van der Waals surface area contributed by atoms with Crippen molar-refractivity contribution in [3.8, 4) is 0 Å². The molecule has 0 aliphatic rings. The lowest BCUT2D eigenvalue weighted by molar-refractivity contribution is -0.120. The average Bonchev–Trinajstić information content (AvgIpc) is 2.53. The lowest BCUT2D eigenvalue weighted by atomic mass is 10.1. The second kappa shape index (κ2) is 7.58. The van der Waals surface area contributed by atoms with Crippen molar-refractivity contribution in [1.29, 1.82) is 0 Å². The van der Waals surface area contributed by atoms with E-state index in [0.29, 0.717) is 0 Å². The van der Waals surface area contributed by atoms with E-state index < -0.39 is 0 Å². The summed E-state index contributed by atoms with van der Waals surface area (Å²) in [6.45, 7) is 5.50. The molecule has 0 bridgehead atoms. The molecule has 0 aliphatic carbocycles. The zero-order valence-electron chi connectivity index (χ0n) is 13.8. The first-order valence-electron chi connectivity index (χ1n) is 7.73. The van der Waals surface area contributed by atoms with Gasteiger partial charge in [-0.3, -0.25) is 9.59 Å². The standard InChI is InChI=1S/C19H22N2O2/c1-4-16-8-10-17(11-9-16)20-19(23)13-21(15(3)22)18-7-5-6-14(2)12-18/h5-12H,4,13H2,1-3H3,(H,20,23). The summed E-state index contributed by atoms with van der Waals surface area (Å²) >= 11 is 0. The van der Waals surface area contributed by atoms with Gasteiger partial charge in [-0.05, 0) is 48.7 Å². The number of carbonyl (C=O) groups is 2. The fourth-order valence-corrected chi connectivity index (χ4v) is 2.35. The Balaban J connectivity index is 2.07. The number of amides is 2. The van der Waals surface area contributed by atoms with Crippen LogP contribution in [0.15, 0.2) is 48.5 Å². The Kier molecular flexibility index (Phi) is 5.52. The minimum absolute atomic E-state index is 0.00564. The van der Waals surface area contributed by atoms with Gasteiger partial charge in [0, 0.05) is 18.3 Å². The van der Waals surface area contributed by atoms with Gasteiger partial charge in [0.25, 0.3) is 0 Å². The molecule has 0 unspecified atom stereocenters. The van der Waals surface area contributed by atoms with Gasteiger partial charge in [-0.25, -0.2) is 0 Å². The van der Waals surface area contributed by atoms with Crippen molar-refractivity contribution in [2.75, 3.05) is 16.8 Å². The van der Waals surface area contributed by atoms with Crippen molar-refractivity contribution >= 4 is 23.2 Å². The molecule has 4 nitrogen and oxygen atoms in total. The van der Waals surface area contributed by atoms with E-state index in [-0.39, 0.29) is 18.4 Å². The number of nitrogens with one attached hydrogen (secondary N) is 1. The van der Waals surface area contributed by atoms with Gasteiger partial charge >= 0.3 is 0 Å². The van der Waals surface area contributed by atoms with Gasteiger partial charge in [0.05, 0.1) is 0 Å². The maximum Gasteiger partial charge on any atom is 0.244 e. The molecule has 0 spiro atoms. The van der Waals surface area contributed by atoms with Crippen LogP contribution in [0.2, 0.25) is 0 Å².